The molecule has 1 aliphatic heterocycles. The van der Waals surface area contributed by atoms with Crippen molar-refractivity contribution in [2.45, 2.75) is 87.5 Å². The summed E-state index contributed by atoms with van der Waals surface area (Å²) in [4.78, 5) is 21.8. The molecule has 370 valence electrons. The number of hydrogen-bond donors (Lipinski definition) is 2. The first kappa shape index (κ1) is 49.5. The molecule has 2 aliphatic carbocycles. The monoisotopic (exact) mass is 980 g/mol. The van der Waals surface area contributed by atoms with Crippen molar-refractivity contribution in [3.05, 3.63) is 167 Å². The minimum Gasteiger partial charge on any atom is -0.460 e. The number of aliphatic hydroxyl groups excluding tert-OH is 2. The Morgan fingerprint density at radius 3 is 2.39 bits per heavy atom. The molecule has 1 saturated carbocycles. The van der Waals surface area contributed by atoms with E-state index in [0.717, 1.165) is 41.2 Å². The van der Waals surface area contributed by atoms with Crippen molar-refractivity contribution in [2.75, 3.05) is 26.4 Å². The van der Waals surface area contributed by atoms with Crippen LogP contribution in [0.25, 0.3) is 21.7 Å². The Bertz CT molecular complexity index is 3050. The van der Waals surface area contributed by atoms with E-state index in [2.05, 4.69) is 23.7 Å². The summed E-state index contributed by atoms with van der Waals surface area (Å²) in [5.41, 5.74) is 3.14. The predicted molar refractivity (Wildman–Crippen MR) is 273 cm³/mol. The van der Waals surface area contributed by atoms with Gasteiger partial charge in [-0.25, -0.2) is 8.42 Å². The van der Waals surface area contributed by atoms with E-state index in [9.17, 15) is 20.3 Å². The van der Waals surface area contributed by atoms with Gasteiger partial charge in [0.2, 0.25) is 15.8 Å². The normalized spacial score (nSPS) is 22.1. The molecule has 6 aromatic rings. The standard InChI is InChI=1S/C56H60N4O10S/c1-3-29-59(71(65,66)51-19-11-16-40-17-12-28-57-55(40)51)52-36-49(58-68-37-38-20-23-43(24-21-38)60(63)64)47-34-42(15-7-9-30-61)46(18-8-10-31-62)53-48-35-45(69-44-25-22-39-13-5-6-14-41(39)33-44)26-27-50(48)70-56(52,54(47)53)67-32-4-2/h4-6,11-14,16-17,19-28,33-35,42,46,52-54,61-62H,2-3,7-10,15,18,29-32,36-37H2,1H3. The van der Waals surface area contributed by atoms with Crippen molar-refractivity contribution in [1.82, 2.24) is 9.29 Å². The number of aromatic nitrogens is 1. The summed E-state index contributed by atoms with van der Waals surface area (Å²) < 4.78 is 54.1. The number of sulfonamides is 1. The summed E-state index contributed by atoms with van der Waals surface area (Å²) in [5.74, 6) is -1.01. The third kappa shape index (κ3) is 10.1. The van der Waals surface area contributed by atoms with Crippen LogP contribution in [-0.4, -0.2) is 76.7 Å². The van der Waals surface area contributed by atoms with Crippen LogP contribution in [0.15, 0.2) is 156 Å². The van der Waals surface area contributed by atoms with Crippen molar-refractivity contribution in [1.29, 1.82) is 0 Å². The SMILES string of the molecule is C=CCOC12Oc3ccc(Oc4ccc5ccccc5c4)cc3C3C(CCCCO)C(CCCCO)C=C(C(=NOCc4ccc([N+](=O)[O-])cc4)CC1N(CCC)S(=O)(=O)c1cccc4cccnc14)C32. The number of fused-ring (bicyclic) bond motifs is 4. The second-order valence-electron chi connectivity index (χ2n) is 18.5. The lowest BCUT2D eigenvalue weighted by Crippen LogP contribution is -2.70. The second kappa shape index (κ2) is 21.9. The first-order valence-corrected chi connectivity index (χ1v) is 26.0. The Kier molecular flexibility index (Phi) is 15.2. The molecule has 2 N–H and O–H groups in total. The molecule has 3 aliphatic rings. The molecule has 1 fully saturated rings. The molecule has 0 amide bonds. The van der Waals surface area contributed by atoms with E-state index < -0.39 is 32.7 Å². The number of aliphatic hydroxyl groups is 2. The van der Waals surface area contributed by atoms with Crippen LogP contribution in [0.2, 0.25) is 0 Å². The van der Waals surface area contributed by atoms with Crippen molar-refractivity contribution >= 4 is 43.1 Å². The number of hydrogen-bond acceptors (Lipinski definition) is 12. The highest BCUT2D eigenvalue weighted by atomic mass is 32.2. The molecule has 71 heavy (non-hydrogen) atoms. The van der Waals surface area contributed by atoms with E-state index in [1.807, 2.05) is 73.7 Å². The number of pyridine rings is 1. The van der Waals surface area contributed by atoms with Gasteiger partial charge in [0.25, 0.3) is 5.69 Å². The quantitative estimate of drug-likeness (QED) is 0.0286. The van der Waals surface area contributed by atoms with Gasteiger partial charge >= 0.3 is 0 Å². The van der Waals surface area contributed by atoms with Gasteiger partial charge in [-0.3, -0.25) is 15.1 Å². The number of allylic oxidation sites excluding steroid dienone is 1. The van der Waals surface area contributed by atoms with Gasteiger partial charge in [-0.1, -0.05) is 85.6 Å². The van der Waals surface area contributed by atoms with E-state index in [4.69, 9.17) is 24.2 Å². The van der Waals surface area contributed by atoms with Gasteiger partial charge in [-0.2, -0.15) is 4.31 Å². The van der Waals surface area contributed by atoms with E-state index in [1.165, 1.54) is 16.4 Å². The zero-order chi connectivity index (χ0) is 49.5. The molecule has 6 unspecified atom stereocenters. The Hall–Kier alpha value is -6.49. The first-order chi connectivity index (χ1) is 34.6. The van der Waals surface area contributed by atoms with Crippen molar-refractivity contribution in [2.24, 2.45) is 22.9 Å². The lowest BCUT2D eigenvalue weighted by atomic mass is 9.55. The molecule has 6 atom stereocenters. The van der Waals surface area contributed by atoms with Crippen LogP contribution in [0, 0.1) is 27.9 Å². The third-order valence-electron chi connectivity index (χ3n) is 14.1. The van der Waals surface area contributed by atoms with Crippen LogP contribution in [0.3, 0.4) is 0 Å². The highest BCUT2D eigenvalue weighted by Crippen LogP contribution is 2.62. The van der Waals surface area contributed by atoms with Crippen LogP contribution in [-0.2, 0) is 26.2 Å². The molecular weight excluding hydrogens is 921 g/mol. The number of ether oxygens (including phenoxy) is 3. The molecule has 15 heteroatoms. The summed E-state index contributed by atoms with van der Waals surface area (Å²) >= 11 is 0. The molecule has 1 aromatic heterocycles. The van der Waals surface area contributed by atoms with Crippen molar-refractivity contribution < 1.29 is 42.6 Å². The van der Waals surface area contributed by atoms with E-state index in [1.54, 1.807) is 42.6 Å². The molecule has 0 spiro atoms. The number of rotatable bonds is 22. The molecular formula is C56H60N4O10S. The lowest BCUT2D eigenvalue weighted by Gasteiger charge is -2.59. The lowest BCUT2D eigenvalue weighted by molar-refractivity contribution is -0.384. The fourth-order valence-electron chi connectivity index (χ4n) is 11.0. The number of unbranched alkanes of at least 4 members (excludes halogenated alkanes) is 2. The largest absolute Gasteiger partial charge is 0.460 e. The average Bonchev–Trinajstić information content (AvgIpc) is 3.38. The topological polar surface area (TPSA) is 183 Å². The van der Waals surface area contributed by atoms with Gasteiger partial charge < -0.3 is 29.3 Å². The van der Waals surface area contributed by atoms with Crippen molar-refractivity contribution in [3.63, 3.8) is 0 Å². The summed E-state index contributed by atoms with van der Waals surface area (Å²) in [6.45, 7) is 6.17. The van der Waals surface area contributed by atoms with Gasteiger partial charge in [0.05, 0.1) is 34.7 Å². The van der Waals surface area contributed by atoms with Crippen LogP contribution < -0.4 is 9.47 Å². The maximum Gasteiger partial charge on any atom is 0.269 e. The zero-order valence-corrected chi connectivity index (χ0v) is 40.7. The number of nitro benzene ring substituents is 1. The highest BCUT2D eigenvalue weighted by molar-refractivity contribution is 7.89. The fourth-order valence-corrected chi connectivity index (χ4v) is 12.9. The number of benzene rings is 5. The fraction of sp³-hybridized carbons (Fsp3) is 0.357. The Labute approximate surface area is 414 Å². The van der Waals surface area contributed by atoms with Crippen LogP contribution in [0.1, 0.15) is 75.3 Å². The number of non-ortho nitro benzene ring substituents is 1. The molecule has 2 heterocycles. The predicted octanol–water partition coefficient (Wildman–Crippen LogP) is 11.0. The van der Waals surface area contributed by atoms with Gasteiger partial charge in [0.1, 0.15) is 28.8 Å². The Balaban J connectivity index is 1.25. The molecule has 0 bridgehead atoms. The average molecular weight is 981 g/mol. The van der Waals surface area contributed by atoms with Crippen LogP contribution in [0.5, 0.6) is 17.2 Å². The molecule has 5 aromatic carbocycles. The smallest absolute Gasteiger partial charge is 0.269 e. The van der Waals surface area contributed by atoms with Gasteiger partial charge in [0.15, 0.2) is 0 Å². The number of para-hydroxylation sites is 1. The van der Waals surface area contributed by atoms with Gasteiger partial charge in [-0.05, 0) is 120 Å². The van der Waals surface area contributed by atoms with Gasteiger partial charge in [0, 0.05) is 61.4 Å². The second-order valence-corrected chi connectivity index (χ2v) is 20.4. The van der Waals surface area contributed by atoms with E-state index in [-0.39, 0.29) is 67.7 Å². The van der Waals surface area contributed by atoms with Crippen LogP contribution >= 0.6 is 0 Å². The number of nitro groups is 1. The summed E-state index contributed by atoms with van der Waals surface area (Å²) in [6, 6.07) is 33.7. The Morgan fingerprint density at radius 1 is 0.901 bits per heavy atom. The molecule has 14 nitrogen and oxygen atoms in total. The minimum atomic E-state index is -4.37. The Morgan fingerprint density at radius 2 is 1.63 bits per heavy atom. The van der Waals surface area contributed by atoms with E-state index in [0.29, 0.717) is 65.1 Å². The molecule has 0 radical (unpaired) electrons. The summed E-state index contributed by atoms with van der Waals surface area (Å²) in [7, 11) is -4.37. The minimum absolute atomic E-state index is 0.0111. The highest BCUT2D eigenvalue weighted by Gasteiger charge is 2.66. The summed E-state index contributed by atoms with van der Waals surface area (Å²) in [6.07, 6.45) is 10.1. The number of nitrogens with zero attached hydrogens (tertiary/aromatic N) is 4. The van der Waals surface area contributed by atoms with Crippen molar-refractivity contribution in [3.8, 4) is 17.2 Å². The number of oxime groups is 1. The maximum atomic E-state index is 15.7. The third-order valence-corrected chi connectivity index (χ3v) is 16.1. The summed E-state index contributed by atoms with van der Waals surface area (Å²) in [5, 5.41) is 39.3. The van der Waals surface area contributed by atoms with Crippen LogP contribution in [0.4, 0.5) is 5.69 Å². The van der Waals surface area contributed by atoms with Gasteiger partial charge in [-0.15, -0.1) is 6.58 Å². The van der Waals surface area contributed by atoms with E-state index >= 15 is 8.42 Å². The zero-order valence-electron chi connectivity index (χ0n) is 39.8. The first-order valence-electron chi connectivity index (χ1n) is 24.6. The maximum absolute atomic E-state index is 15.7. The molecule has 9 rings (SSSR count). The molecule has 0 saturated heterocycles.